The normalized spacial score (nSPS) is 26.3. The van der Waals surface area contributed by atoms with Gasteiger partial charge in [-0.3, -0.25) is 14.9 Å². The molecule has 2 fully saturated rings. The van der Waals surface area contributed by atoms with Gasteiger partial charge in [0, 0.05) is 32.1 Å². The van der Waals surface area contributed by atoms with Gasteiger partial charge < -0.3 is 9.80 Å². The zero-order valence-electron chi connectivity index (χ0n) is 13.5. The number of piperazine rings is 1. The molecule has 0 aromatic heterocycles. The van der Waals surface area contributed by atoms with Gasteiger partial charge in [0.25, 0.3) is 0 Å². The second kappa shape index (κ2) is 6.28. The molecule has 2 aliphatic heterocycles. The summed E-state index contributed by atoms with van der Waals surface area (Å²) < 4.78 is 14.6. The second-order valence-electron chi connectivity index (χ2n) is 6.49. The molecular weight excluding hydrogens is 297 g/mol. The summed E-state index contributed by atoms with van der Waals surface area (Å²) in [5.41, 5.74) is 1.22. The number of hydrogen-bond acceptors (Lipinski definition) is 4. The number of amides is 2. The molecule has 1 aromatic carbocycles. The van der Waals surface area contributed by atoms with Gasteiger partial charge in [-0.1, -0.05) is 6.07 Å². The molecule has 23 heavy (non-hydrogen) atoms. The van der Waals surface area contributed by atoms with Crippen LogP contribution in [0.1, 0.15) is 31.2 Å². The van der Waals surface area contributed by atoms with Crippen molar-refractivity contribution < 1.29 is 14.0 Å². The quantitative estimate of drug-likeness (QED) is 0.839. The summed E-state index contributed by atoms with van der Waals surface area (Å²) in [6, 6.07) is 5.38. The number of rotatable bonds is 2. The van der Waals surface area contributed by atoms with Gasteiger partial charge in [-0.25, -0.2) is 4.39 Å². The van der Waals surface area contributed by atoms with Crippen molar-refractivity contribution in [1.29, 1.82) is 0 Å². The van der Waals surface area contributed by atoms with E-state index in [0.717, 1.165) is 19.6 Å². The first-order valence-electron chi connectivity index (χ1n) is 8.04. The summed E-state index contributed by atoms with van der Waals surface area (Å²) in [5, 5.41) is 2.32. The third kappa shape index (κ3) is 3.22. The van der Waals surface area contributed by atoms with E-state index in [1.165, 1.54) is 6.07 Å². The van der Waals surface area contributed by atoms with Crippen LogP contribution in [0.5, 0.6) is 0 Å². The maximum Gasteiger partial charge on any atom is 0.234 e. The fourth-order valence-electron chi connectivity index (χ4n) is 3.28. The highest BCUT2D eigenvalue weighted by Gasteiger charge is 2.29. The van der Waals surface area contributed by atoms with Crippen molar-refractivity contribution in [2.24, 2.45) is 0 Å². The van der Waals surface area contributed by atoms with Gasteiger partial charge in [0.15, 0.2) is 0 Å². The molecule has 0 saturated carbocycles. The van der Waals surface area contributed by atoms with E-state index in [4.69, 9.17) is 0 Å². The fourth-order valence-corrected chi connectivity index (χ4v) is 3.28. The predicted molar refractivity (Wildman–Crippen MR) is 85.8 cm³/mol. The Morgan fingerprint density at radius 2 is 2.04 bits per heavy atom. The van der Waals surface area contributed by atoms with Crippen LogP contribution in [-0.2, 0) is 9.59 Å². The van der Waals surface area contributed by atoms with Gasteiger partial charge in [-0.05, 0) is 38.1 Å². The number of imide groups is 1. The Morgan fingerprint density at radius 1 is 1.26 bits per heavy atom. The zero-order chi connectivity index (χ0) is 16.6. The number of carbonyl (C=O) groups excluding carboxylic acids is 2. The molecule has 2 aliphatic rings. The average Bonchev–Trinajstić information content (AvgIpc) is 2.50. The number of hydrogen-bond donors (Lipinski definition) is 1. The third-order valence-electron chi connectivity index (χ3n) is 4.91. The Morgan fingerprint density at radius 3 is 2.70 bits per heavy atom. The minimum Gasteiger partial charge on any atom is -0.366 e. The number of halogens is 1. The summed E-state index contributed by atoms with van der Waals surface area (Å²) in [4.78, 5) is 27.4. The lowest BCUT2D eigenvalue weighted by Crippen LogP contribution is -2.50. The van der Waals surface area contributed by atoms with Crippen LogP contribution in [0.2, 0.25) is 0 Å². The minimum atomic E-state index is -0.442. The Kier molecular flexibility index (Phi) is 4.35. The summed E-state index contributed by atoms with van der Waals surface area (Å²) in [5.74, 6) is -1.33. The predicted octanol–water partition coefficient (Wildman–Crippen LogP) is 1.49. The molecule has 124 valence electrons. The number of nitrogens with zero attached hydrogens (tertiary/aromatic N) is 2. The Balaban J connectivity index is 1.78. The van der Waals surface area contributed by atoms with E-state index in [1.807, 2.05) is 4.90 Å². The molecule has 0 aliphatic carbocycles. The first kappa shape index (κ1) is 15.9. The zero-order valence-corrected chi connectivity index (χ0v) is 13.5. The second-order valence-corrected chi connectivity index (χ2v) is 6.49. The monoisotopic (exact) mass is 319 g/mol. The van der Waals surface area contributed by atoms with Crippen LogP contribution >= 0.6 is 0 Å². The van der Waals surface area contributed by atoms with Crippen molar-refractivity contribution >= 4 is 17.5 Å². The van der Waals surface area contributed by atoms with E-state index in [-0.39, 0.29) is 17.6 Å². The lowest BCUT2D eigenvalue weighted by Gasteiger charge is -2.39. The number of likely N-dealkylation sites (N-methyl/N-ethyl adjacent to an activating group) is 1. The van der Waals surface area contributed by atoms with E-state index in [9.17, 15) is 14.0 Å². The highest BCUT2D eigenvalue weighted by molar-refractivity contribution is 6.00. The van der Waals surface area contributed by atoms with Crippen molar-refractivity contribution in [3.05, 3.63) is 29.6 Å². The molecule has 6 heteroatoms. The standard InChI is InChI=1S/C17H22FN3O2/c1-11-10-21(8-7-20(11)2)15-5-3-12(9-14(15)18)13-4-6-16(22)19-17(13)23/h3,5,9,11,13H,4,6-8,10H2,1-2H3,(H,19,22,23). The molecule has 2 unspecified atom stereocenters. The van der Waals surface area contributed by atoms with Crippen LogP contribution in [0.4, 0.5) is 10.1 Å². The molecule has 1 N–H and O–H groups in total. The van der Waals surface area contributed by atoms with Crippen molar-refractivity contribution in [2.45, 2.75) is 31.7 Å². The molecule has 3 rings (SSSR count). The minimum absolute atomic E-state index is 0.255. The number of anilines is 1. The van der Waals surface area contributed by atoms with Crippen LogP contribution in [0, 0.1) is 5.82 Å². The molecular formula is C17H22FN3O2. The number of nitrogens with one attached hydrogen (secondary N) is 1. The summed E-state index contributed by atoms with van der Waals surface area (Å²) >= 11 is 0. The Hall–Kier alpha value is -1.95. The van der Waals surface area contributed by atoms with Crippen molar-refractivity contribution in [1.82, 2.24) is 10.2 Å². The summed E-state index contributed by atoms with van der Waals surface area (Å²) in [7, 11) is 2.07. The molecule has 2 atom stereocenters. The largest absolute Gasteiger partial charge is 0.366 e. The smallest absolute Gasteiger partial charge is 0.234 e. The summed E-state index contributed by atoms with van der Waals surface area (Å²) in [6.07, 6.45) is 0.741. The van der Waals surface area contributed by atoms with Gasteiger partial charge >= 0.3 is 0 Å². The topological polar surface area (TPSA) is 52.7 Å². The maximum absolute atomic E-state index is 14.6. The SMILES string of the molecule is CC1CN(c2ccc(C3CCC(=O)NC3=O)cc2F)CCN1C. The van der Waals surface area contributed by atoms with E-state index < -0.39 is 5.92 Å². The summed E-state index contributed by atoms with van der Waals surface area (Å²) in [6.45, 7) is 4.60. The maximum atomic E-state index is 14.6. The number of carbonyl (C=O) groups is 2. The van der Waals surface area contributed by atoms with Gasteiger partial charge in [0.05, 0.1) is 11.6 Å². The number of benzene rings is 1. The highest BCUT2D eigenvalue weighted by Crippen LogP contribution is 2.29. The van der Waals surface area contributed by atoms with E-state index >= 15 is 0 Å². The van der Waals surface area contributed by atoms with Gasteiger partial charge in [0.2, 0.25) is 11.8 Å². The van der Waals surface area contributed by atoms with Crippen LogP contribution in [0.25, 0.3) is 0 Å². The molecule has 5 nitrogen and oxygen atoms in total. The molecule has 0 radical (unpaired) electrons. The molecule has 1 aromatic rings. The Labute approximate surface area is 135 Å². The average molecular weight is 319 g/mol. The van der Waals surface area contributed by atoms with Crippen LogP contribution in [-0.4, -0.2) is 49.4 Å². The highest BCUT2D eigenvalue weighted by atomic mass is 19.1. The molecule has 0 bridgehead atoms. The third-order valence-corrected chi connectivity index (χ3v) is 4.91. The Bertz CT molecular complexity index is 634. The molecule has 2 heterocycles. The number of piperidine rings is 1. The lowest BCUT2D eigenvalue weighted by atomic mass is 9.90. The lowest BCUT2D eigenvalue weighted by molar-refractivity contribution is -0.134. The first-order valence-corrected chi connectivity index (χ1v) is 8.04. The van der Waals surface area contributed by atoms with Crippen molar-refractivity contribution in [3.8, 4) is 0 Å². The fraction of sp³-hybridized carbons (Fsp3) is 0.529. The van der Waals surface area contributed by atoms with Crippen LogP contribution in [0.3, 0.4) is 0 Å². The van der Waals surface area contributed by atoms with Gasteiger partial charge in [-0.2, -0.15) is 0 Å². The van der Waals surface area contributed by atoms with Crippen molar-refractivity contribution in [2.75, 3.05) is 31.6 Å². The van der Waals surface area contributed by atoms with E-state index in [1.54, 1.807) is 12.1 Å². The van der Waals surface area contributed by atoms with Gasteiger partial charge in [-0.15, -0.1) is 0 Å². The molecule has 2 saturated heterocycles. The molecule has 2 amide bonds. The van der Waals surface area contributed by atoms with Gasteiger partial charge in [0.1, 0.15) is 5.82 Å². The van der Waals surface area contributed by atoms with Crippen LogP contribution in [0.15, 0.2) is 18.2 Å². The molecule has 0 spiro atoms. The van der Waals surface area contributed by atoms with Crippen molar-refractivity contribution in [3.63, 3.8) is 0 Å². The first-order chi connectivity index (χ1) is 11.0. The van der Waals surface area contributed by atoms with E-state index in [2.05, 4.69) is 24.2 Å². The van der Waals surface area contributed by atoms with E-state index in [0.29, 0.717) is 30.1 Å². The van der Waals surface area contributed by atoms with Crippen LogP contribution < -0.4 is 10.2 Å².